The first-order chi connectivity index (χ1) is 6.20. The van der Waals surface area contributed by atoms with Crippen LogP contribution >= 0.6 is 39.9 Å². The Labute approximate surface area is 93.5 Å². The van der Waals surface area contributed by atoms with Gasteiger partial charge in [-0.2, -0.15) is 5.26 Å². The number of fused-ring (bicyclic) bond motifs is 1. The fourth-order valence-electron chi connectivity index (χ4n) is 1.15. The quantitative estimate of drug-likeness (QED) is 0.723. The SMILES string of the molecule is N#Cc1cc(Br)c2cc(S)sc2c1. The zero-order valence-corrected chi connectivity index (χ0v) is 9.71. The zero-order valence-electron chi connectivity index (χ0n) is 6.41. The molecule has 0 aliphatic carbocycles. The van der Waals surface area contributed by atoms with Crippen molar-refractivity contribution in [3.63, 3.8) is 0 Å². The molecule has 0 atom stereocenters. The number of thiophene rings is 1. The standard InChI is InChI=1S/C9H4BrNS2/c10-7-1-5(4-11)2-8-6(7)3-9(12)13-8/h1-3,12H. The lowest BCUT2D eigenvalue weighted by Crippen LogP contribution is -1.73. The van der Waals surface area contributed by atoms with Crippen molar-refractivity contribution >= 4 is 50.0 Å². The lowest BCUT2D eigenvalue weighted by atomic mass is 10.2. The molecule has 0 fully saturated rings. The second kappa shape index (κ2) is 3.33. The Hall–Kier alpha value is -0.500. The van der Waals surface area contributed by atoms with Crippen LogP contribution in [0.4, 0.5) is 0 Å². The van der Waals surface area contributed by atoms with Crippen molar-refractivity contribution < 1.29 is 0 Å². The van der Waals surface area contributed by atoms with Crippen LogP contribution in [0, 0.1) is 11.3 Å². The monoisotopic (exact) mass is 269 g/mol. The summed E-state index contributed by atoms with van der Waals surface area (Å²) in [4.78, 5) is 0. The van der Waals surface area contributed by atoms with Crippen molar-refractivity contribution in [2.75, 3.05) is 0 Å². The van der Waals surface area contributed by atoms with Gasteiger partial charge in [0.05, 0.1) is 15.8 Å². The summed E-state index contributed by atoms with van der Waals surface area (Å²) >= 11 is 9.27. The van der Waals surface area contributed by atoms with Gasteiger partial charge in [0.15, 0.2) is 0 Å². The Morgan fingerprint density at radius 1 is 1.38 bits per heavy atom. The van der Waals surface area contributed by atoms with Gasteiger partial charge >= 0.3 is 0 Å². The molecule has 0 radical (unpaired) electrons. The highest BCUT2D eigenvalue weighted by molar-refractivity contribution is 9.10. The molecule has 2 rings (SSSR count). The molecule has 1 aromatic heterocycles. The number of halogens is 1. The van der Waals surface area contributed by atoms with Crippen LogP contribution < -0.4 is 0 Å². The predicted octanol–water partition coefficient (Wildman–Crippen LogP) is 3.82. The van der Waals surface area contributed by atoms with Crippen LogP contribution in [0.5, 0.6) is 0 Å². The van der Waals surface area contributed by atoms with Gasteiger partial charge in [-0.05, 0) is 18.2 Å². The number of hydrogen-bond acceptors (Lipinski definition) is 3. The van der Waals surface area contributed by atoms with Gasteiger partial charge < -0.3 is 0 Å². The molecule has 2 aromatic rings. The predicted molar refractivity (Wildman–Crippen MR) is 61.5 cm³/mol. The summed E-state index contributed by atoms with van der Waals surface area (Å²) in [6, 6.07) is 7.82. The molecule has 1 heterocycles. The lowest BCUT2D eigenvalue weighted by Gasteiger charge is -1.93. The highest BCUT2D eigenvalue weighted by Crippen LogP contribution is 2.34. The molecule has 4 heteroatoms. The zero-order chi connectivity index (χ0) is 9.42. The molecule has 1 nitrogen and oxygen atoms in total. The minimum absolute atomic E-state index is 0.676. The Balaban J connectivity index is 2.85. The molecule has 0 saturated carbocycles. The number of rotatable bonds is 0. The molecule has 64 valence electrons. The van der Waals surface area contributed by atoms with Gasteiger partial charge in [-0.3, -0.25) is 0 Å². The van der Waals surface area contributed by atoms with E-state index in [1.165, 1.54) is 0 Å². The third kappa shape index (κ3) is 1.60. The fourth-order valence-corrected chi connectivity index (χ4v) is 3.14. The molecular formula is C9H4BrNS2. The molecule has 0 saturated heterocycles. The van der Waals surface area contributed by atoms with Crippen molar-refractivity contribution in [2.24, 2.45) is 0 Å². The van der Waals surface area contributed by atoms with E-state index in [4.69, 9.17) is 5.26 Å². The second-order valence-corrected chi connectivity index (χ2v) is 5.29. The average molecular weight is 270 g/mol. The molecule has 0 aliphatic heterocycles. The summed E-state index contributed by atoms with van der Waals surface area (Å²) in [6.07, 6.45) is 0. The number of hydrogen-bond donors (Lipinski definition) is 1. The van der Waals surface area contributed by atoms with Gasteiger partial charge in [0.25, 0.3) is 0 Å². The van der Waals surface area contributed by atoms with Crippen LogP contribution in [-0.4, -0.2) is 0 Å². The maximum absolute atomic E-state index is 8.74. The summed E-state index contributed by atoms with van der Waals surface area (Å²) in [5, 5.41) is 9.86. The first-order valence-electron chi connectivity index (χ1n) is 3.53. The third-order valence-corrected chi connectivity index (χ3v) is 3.65. The summed E-state index contributed by atoms with van der Waals surface area (Å²) in [5.41, 5.74) is 0.676. The van der Waals surface area contributed by atoms with Gasteiger partial charge in [0, 0.05) is 14.6 Å². The first-order valence-corrected chi connectivity index (χ1v) is 5.58. The van der Waals surface area contributed by atoms with E-state index in [1.54, 1.807) is 11.3 Å². The molecule has 0 bridgehead atoms. The van der Waals surface area contributed by atoms with E-state index < -0.39 is 0 Å². The molecule has 0 N–H and O–H groups in total. The number of nitriles is 1. The highest BCUT2D eigenvalue weighted by Gasteiger charge is 2.04. The molecule has 0 aliphatic rings. The Bertz CT molecular complexity index is 510. The number of thiol groups is 1. The van der Waals surface area contributed by atoms with Crippen LogP contribution in [0.25, 0.3) is 10.1 Å². The van der Waals surface area contributed by atoms with Crippen LogP contribution in [0.1, 0.15) is 5.56 Å². The van der Waals surface area contributed by atoms with Crippen molar-refractivity contribution in [3.8, 4) is 6.07 Å². The first kappa shape index (κ1) is 9.07. The smallest absolute Gasteiger partial charge is 0.0992 e. The largest absolute Gasteiger partial charge is 0.192 e. The van der Waals surface area contributed by atoms with E-state index in [2.05, 4.69) is 34.6 Å². The second-order valence-electron chi connectivity index (χ2n) is 2.57. The third-order valence-electron chi connectivity index (χ3n) is 1.70. The summed E-state index contributed by atoms with van der Waals surface area (Å²) in [7, 11) is 0. The normalized spacial score (nSPS) is 10.2. The van der Waals surface area contributed by atoms with E-state index in [1.807, 2.05) is 18.2 Å². The van der Waals surface area contributed by atoms with Gasteiger partial charge in [-0.1, -0.05) is 15.9 Å². The van der Waals surface area contributed by atoms with Crippen molar-refractivity contribution in [3.05, 3.63) is 28.2 Å². The minimum atomic E-state index is 0.676. The van der Waals surface area contributed by atoms with Gasteiger partial charge in [0.2, 0.25) is 0 Å². The van der Waals surface area contributed by atoms with Crippen molar-refractivity contribution in [2.45, 2.75) is 4.21 Å². The molecule has 1 aromatic carbocycles. The maximum atomic E-state index is 8.74. The maximum Gasteiger partial charge on any atom is 0.0992 e. The van der Waals surface area contributed by atoms with Crippen molar-refractivity contribution in [1.29, 1.82) is 5.26 Å². The Morgan fingerprint density at radius 3 is 2.85 bits per heavy atom. The Kier molecular flexibility index (Phi) is 2.33. The molecule has 13 heavy (non-hydrogen) atoms. The van der Waals surface area contributed by atoms with Crippen LogP contribution in [0.2, 0.25) is 0 Å². The van der Waals surface area contributed by atoms with E-state index in [-0.39, 0.29) is 0 Å². The van der Waals surface area contributed by atoms with Crippen molar-refractivity contribution in [1.82, 2.24) is 0 Å². The minimum Gasteiger partial charge on any atom is -0.192 e. The Morgan fingerprint density at radius 2 is 2.15 bits per heavy atom. The summed E-state index contributed by atoms with van der Waals surface area (Å²) in [5.74, 6) is 0. The fraction of sp³-hybridized carbons (Fsp3) is 0. The van der Waals surface area contributed by atoms with Crippen LogP contribution in [-0.2, 0) is 0 Å². The summed E-state index contributed by atoms with van der Waals surface area (Å²) < 4.78 is 3.01. The van der Waals surface area contributed by atoms with E-state index in [0.717, 1.165) is 18.8 Å². The average Bonchev–Trinajstić information content (AvgIpc) is 2.46. The molecule has 0 unspecified atom stereocenters. The van der Waals surface area contributed by atoms with E-state index >= 15 is 0 Å². The van der Waals surface area contributed by atoms with E-state index in [9.17, 15) is 0 Å². The van der Waals surface area contributed by atoms with Gasteiger partial charge in [-0.25, -0.2) is 0 Å². The number of benzene rings is 1. The highest BCUT2D eigenvalue weighted by atomic mass is 79.9. The molecule has 0 amide bonds. The number of nitrogens with zero attached hydrogens (tertiary/aromatic N) is 1. The molecule has 0 spiro atoms. The van der Waals surface area contributed by atoms with Gasteiger partial charge in [-0.15, -0.1) is 24.0 Å². The summed E-state index contributed by atoms with van der Waals surface area (Å²) in [6.45, 7) is 0. The van der Waals surface area contributed by atoms with Gasteiger partial charge in [0.1, 0.15) is 0 Å². The molecular weight excluding hydrogens is 266 g/mol. The van der Waals surface area contributed by atoms with Crippen LogP contribution in [0.15, 0.2) is 26.9 Å². The lowest BCUT2D eigenvalue weighted by molar-refractivity contribution is 1.49. The van der Waals surface area contributed by atoms with E-state index in [0.29, 0.717) is 5.56 Å². The van der Waals surface area contributed by atoms with Crippen LogP contribution in [0.3, 0.4) is 0 Å². The topological polar surface area (TPSA) is 23.8 Å².